The molecule has 0 saturated carbocycles. The lowest BCUT2D eigenvalue weighted by Crippen LogP contribution is -2.09. The van der Waals surface area contributed by atoms with Gasteiger partial charge in [-0.1, -0.05) is 0 Å². The molecule has 1 N–H and O–H groups in total. The highest BCUT2D eigenvalue weighted by Gasteiger charge is 2.34. The van der Waals surface area contributed by atoms with E-state index >= 15 is 0 Å². The summed E-state index contributed by atoms with van der Waals surface area (Å²) in [5.74, 6) is 0.0621. The third-order valence-electron chi connectivity index (χ3n) is 2.02. The van der Waals surface area contributed by atoms with E-state index in [1.165, 1.54) is 13.2 Å². The molecule has 0 aliphatic heterocycles. The second-order valence-corrected chi connectivity index (χ2v) is 2.98. The Morgan fingerprint density at radius 3 is 2.44 bits per heavy atom. The molecule has 3 nitrogen and oxygen atoms in total. The van der Waals surface area contributed by atoms with Crippen molar-refractivity contribution in [3.8, 4) is 11.8 Å². The molecule has 0 fully saturated rings. The van der Waals surface area contributed by atoms with E-state index in [4.69, 9.17) is 15.1 Å². The van der Waals surface area contributed by atoms with Crippen LogP contribution in [0.15, 0.2) is 12.1 Å². The maximum Gasteiger partial charge on any atom is 0.417 e. The SMILES string of the molecule is COc1cc(C#N)c(C(F)(F)F)cc1CO. The average Bonchev–Trinajstić information content (AvgIpc) is 2.25. The van der Waals surface area contributed by atoms with E-state index in [1.807, 2.05) is 0 Å². The molecule has 0 heterocycles. The number of halogens is 3. The normalized spacial score (nSPS) is 11.0. The maximum absolute atomic E-state index is 12.5. The van der Waals surface area contributed by atoms with Crippen LogP contribution in [-0.4, -0.2) is 12.2 Å². The zero-order valence-corrected chi connectivity index (χ0v) is 8.30. The fourth-order valence-electron chi connectivity index (χ4n) is 1.27. The Morgan fingerprint density at radius 2 is 2.06 bits per heavy atom. The third-order valence-corrected chi connectivity index (χ3v) is 2.02. The fraction of sp³-hybridized carbons (Fsp3) is 0.300. The molecule has 0 atom stereocenters. The summed E-state index contributed by atoms with van der Waals surface area (Å²) in [4.78, 5) is 0. The first-order valence-corrected chi connectivity index (χ1v) is 4.23. The largest absolute Gasteiger partial charge is 0.496 e. The topological polar surface area (TPSA) is 53.2 Å². The van der Waals surface area contributed by atoms with Crippen LogP contribution in [0.3, 0.4) is 0 Å². The molecule has 0 aromatic heterocycles. The first kappa shape index (κ1) is 12.3. The van der Waals surface area contributed by atoms with Crippen molar-refractivity contribution in [3.05, 3.63) is 28.8 Å². The Labute approximate surface area is 89.7 Å². The van der Waals surface area contributed by atoms with E-state index in [-0.39, 0.29) is 11.3 Å². The van der Waals surface area contributed by atoms with Crippen LogP contribution in [0.1, 0.15) is 16.7 Å². The zero-order chi connectivity index (χ0) is 12.3. The van der Waals surface area contributed by atoms with Crippen molar-refractivity contribution in [1.29, 1.82) is 5.26 Å². The summed E-state index contributed by atoms with van der Waals surface area (Å²) in [6.45, 7) is -0.585. The van der Waals surface area contributed by atoms with Crippen molar-refractivity contribution >= 4 is 0 Å². The number of nitriles is 1. The predicted octanol–water partition coefficient (Wildman–Crippen LogP) is 2.08. The molecule has 16 heavy (non-hydrogen) atoms. The molecule has 0 bridgehead atoms. The van der Waals surface area contributed by atoms with Gasteiger partial charge >= 0.3 is 6.18 Å². The number of hydrogen-bond acceptors (Lipinski definition) is 3. The third kappa shape index (κ3) is 2.25. The van der Waals surface area contributed by atoms with Crippen LogP contribution in [0, 0.1) is 11.3 Å². The number of benzene rings is 1. The molecule has 0 saturated heterocycles. The molecule has 0 unspecified atom stereocenters. The number of methoxy groups -OCH3 is 1. The highest BCUT2D eigenvalue weighted by Crippen LogP contribution is 2.35. The molecule has 0 spiro atoms. The van der Waals surface area contributed by atoms with Crippen LogP contribution in [0.4, 0.5) is 13.2 Å². The highest BCUT2D eigenvalue weighted by molar-refractivity contribution is 5.49. The van der Waals surface area contributed by atoms with Crippen molar-refractivity contribution in [2.45, 2.75) is 12.8 Å². The van der Waals surface area contributed by atoms with Gasteiger partial charge in [-0.2, -0.15) is 18.4 Å². The second kappa shape index (κ2) is 4.41. The van der Waals surface area contributed by atoms with Crippen LogP contribution >= 0.6 is 0 Å². The van der Waals surface area contributed by atoms with Gasteiger partial charge in [-0.05, 0) is 12.1 Å². The first-order valence-electron chi connectivity index (χ1n) is 4.23. The Bertz CT molecular complexity index is 435. The second-order valence-electron chi connectivity index (χ2n) is 2.98. The van der Waals surface area contributed by atoms with E-state index in [1.54, 1.807) is 0 Å². The van der Waals surface area contributed by atoms with Crippen molar-refractivity contribution in [3.63, 3.8) is 0 Å². The minimum atomic E-state index is -4.62. The summed E-state index contributed by atoms with van der Waals surface area (Å²) in [6, 6.07) is 3.13. The Kier molecular flexibility index (Phi) is 3.40. The highest BCUT2D eigenvalue weighted by atomic mass is 19.4. The molecule has 86 valence electrons. The van der Waals surface area contributed by atoms with Gasteiger partial charge < -0.3 is 9.84 Å². The Balaban J connectivity index is 3.45. The van der Waals surface area contributed by atoms with Gasteiger partial charge in [-0.25, -0.2) is 0 Å². The standard InChI is InChI=1S/C10H8F3NO2/c1-16-9-3-6(4-14)8(10(11,12)13)2-7(9)5-15/h2-3,15H,5H2,1H3. The lowest BCUT2D eigenvalue weighted by molar-refractivity contribution is -0.137. The fourth-order valence-corrected chi connectivity index (χ4v) is 1.27. The molecular formula is C10H8F3NO2. The van der Waals surface area contributed by atoms with E-state index in [0.717, 1.165) is 12.1 Å². The molecule has 1 aromatic carbocycles. The van der Waals surface area contributed by atoms with Crippen LogP contribution in [-0.2, 0) is 12.8 Å². The maximum atomic E-state index is 12.5. The number of alkyl halides is 3. The Morgan fingerprint density at radius 1 is 1.44 bits per heavy atom. The minimum absolute atomic E-state index is 0.00572. The molecule has 0 radical (unpaired) electrons. The van der Waals surface area contributed by atoms with Gasteiger partial charge in [0.25, 0.3) is 0 Å². The molecule has 0 amide bonds. The number of hydrogen-bond donors (Lipinski definition) is 1. The van der Waals surface area contributed by atoms with Gasteiger partial charge in [0.05, 0.1) is 30.9 Å². The van der Waals surface area contributed by atoms with Gasteiger partial charge in [-0.3, -0.25) is 0 Å². The van der Waals surface area contributed by atoms with E-state index < -0.39 is 23.9 Å². The minimum Gasteiger partial charge on any atom is -0.496 e. The van der Waals surface area contributed by atoms with Crippen molar-refractivity contribution in [2.75, 3.05) is 7.11 Å². The van der Waals surface area contributed by atoms with Gasteiger partial charge in [0.1, 0.15) is 5.75 Å². The van der Waals surface area contributed by atoms with Gasteiger partial charge in [0.2, 0.25) is 0 Å². The summed E-state index contributed by atoms with van der Waals surface area (Å²) in [6.07, 6.45) is -4.62. The number of nitrogens with zero attached hydrogens (tertiary/aromatic N) is 1. The molecule has 1 aromatic rings. The molecule has 0 aliphatic rings. The van der Waals surface area contributed by atoms with Crippen molar-refractivity contribution in [1.82, 2.24) is 0 Å². The lowest BCUT2D eigenvalue weighted by atomic mass is 10.0. The first-order chi connectivity index (χ1) is 7.43. The van der Waals surface area contributed by atoms with Gasteiger partial charge in [0, 0.05) is 5.56 Å². The van der Waals surface area contributed by atoms with Crippen LogP contribution in [0.2, 0.25) is 0 Å². The van der Waals surface area contributed by atoms with E-state index in [9.17, 15) is 13.2 Å². The summed E-state index contributed by atoms with van der Waals surface area (Å²) in [5.41, 5.74) is -1.60. The molecule has 0 aliphatic carbocycles. The van der Waals surface area contributed by atoms with Gasteiger partial charge in [-0.15, -0.1) is 0 Å². The summed E-state index contributed by atoms with van der Waals surface area (Å²) >= 11 is 0. The molecule has 6 heteroatoms. The quantitative estimate of drug-likeness (QED) is 0.847. The van der Waals surface area contributed by atoms with Crippen LogP contribution < -0.4 is 4.74 Å². The zero-order valence-electron chi connectivity index (χ0n) is 8.30. The van der Waals surface area contributed by atoms with E-state index in [0.29, 0.717) is 0 Å². The number of ether oxygens (including phenoxy) is 1. The van der Waals surface area contributed by atoms with Crippen molar-refractivity contribution < 1.29 is 23.0 Å². The lowest BCUT2D eigenvalue weighted by Gasteiger charge is -2.13. The average molecular weight is 231 g/mol. The predicted molar refractivity (Wildman–Crippen MR) is 48.6 cm³/mol. The number of rotatable bonds is 2. The summed E-state index contributed by atoms with van der Waals surface area (Å²) < 4.78 is 42.3. The Hall–Kier alpha value is -1.74. The summed E-state index contributed by atoms with van der Waals surface area (Å²) in [5, 5.41) is 17.5. The summed E-state index contributed by atoms with van der Waals surface area (Å²) in [7, 11) is 1.25. The van der Waals surface area contributed by atoms with Gasteiger partial charge in [0.15, 0.2) is 0 Å². The smallest absolute Gasteiger partial charge is 0.417 e. The monoisotopic (exact) mass is 231 g/mol. The van der Waals surface area contributed by atoms with Crippen molar-refractivity contribution in [2.24, 2.45) is 0 Å². The molecular weight excluding hydrogens is 223 g/mol. The van der Waals surface area contributed by atoms with E-state index in [2.05, 4.69) is 0 Å². The number of aliphatic hydroxyl groups excluding tert-OH is 1. The number of aliphatic hydroxyl groups is 1. The molecule has 1 rings (SSSR count). The van der Waals surface area contributed by atoms with Crippen LogP contribution in [0.5, 0.6) is 5.75 Å². The van der Waals surface area contributed by atoms with Crippen LogP contribution in [0.25, 0.3) is 0 Å².